The van der Waals surface area contributed by atoms with Crippen LogP contribution in [0.2, 0.25) is 0 Å². The lowest BCUT2D eigenvalue weighted by Crippen LogP contribution is -1.95. The van der Waals surface area contributed by atoms with E-state index in [0.717, 1.165) is 0 Å². The van der Waals surface area contributed by atoms with E-state index in [4.69, 9.17) is 4.42 Å². The topological polar surface area (TPSA) is 47.3 Å². The number of rotatable bonds is 3. The zero-order chi connectivity index (χ0) is 9.68. The number of allylic oxidation sites excluding steroid dienone is 1. The monoisotopic (exact) mass is 178 g/mol. The SMILES string of the molecule is CCC(=O)C=Cc1cccc(=O)o1. The molecule has 3 heteroatoms. The maximum Gasteiger partial charge on any atom is 0.336 e. The van der Waals surface area contributed by atoms with Crippen molar-refractivity contribution in [3.05, 3.63) is 40.5 Å². The van der Waals surface area contributed by atoms with E-state index in [0.29, 0.717) is 12.2 Å². The third-order valence-corrected chi connectivity index (χ3v) is 1.49. The minimum Gasteiger partial charge on any atom is -0.423 e. The summed E-state index contributed by atoms with van der Waals surface area (Å²) < 4.78 is 4.78. The van der Waals surface area contributed by atoms with Gasteiger partial charge in [-0.2, -0.15) is 0 Å². The Morgan fingerprint density at radius 3 is 2.92 bits per heavy atom. The number of carbonyl (C=O) groups is 1. The zero-order valence-electron chi connectivity index (χ0n) is 7.32. The molecule has 0 atom stereocenters. The van der Waals surface area contributed by atoms with Gasteiger partial charge in [-0.3, -0.25) is 4.79 Å². The van der Waals surface area contributed by atoms with Crippen LogP contribution in [0.25, 0.3) is 6.08 Å². The van der Waals surface area contributed by atoms with Crippen molar-refractivity contribution in [2.75, 3.05) is 0 Å². The van der Waals surface area contributed by atoms with Crippen molar-refractivity contribution in [3.8, 4) is 0 Å². The first-order chi connectivity index (χ1) is 6.22. The molecule has 0 saturated heterocycles. The third-order valence-electron chi connectivity index (χ3n) is 1.49. The highest BCUT2D eigenvalue weighted by atomic mass is 16.4. The second-order valence-electron chi connectivity index (χ2n) is 2.50. The molecule has 0 aliphatic carbocycles. The molecule has 0 aliphatic heterocycles. The van der Waals surface area contributed by atoms with Gasteiger partial charge in [-0.1, -0.05) is 13.0 Å². The fraction of sp³-hybridized carbons (Fsp3) is 0.200. The van der Waals surface area contributed by atoms with Crippen LogP contribution in [0.5, 0.6) is 0 Å². The number of hydrogen-bond acceptors (Lipinski definition) is 3. The molecular weight excluding hydrogens is 168 g/mol. The number of ketones is 1. The van der Waals surface area contributed by atoms with E-state index in [1.807, 2.05) is 0 Å². The van der Waals surface area contributed by atoms with Crippen LogP contribution in [0.4, 0.5) is 0 Å². The third kappa shape index (κ3) is 3.07. The summed E-state index contributed by atoms with van der Waals surface area (Å²) in [5, 5.41) is 0. The van der Waals surface area contributed by atoms with Crippen LogP contribution in [0.1, 0.15) is 19.1 Å². The van der Waals surface area contributed by atoms with E-state index in [9.17, 15) is 9.59 Å². The van der Waals surface area contributed by atoms with Gasteiger partial charge in [0.05, 0.1) is 0 Å². The molecule has 0 aromatic carbocycles. The van der Waals surface area contributed by atoms with Gasteiger partial charge in [0.1, 0.15) is 5.76 Å². The van der Waals surface area contributed by atoms with Crippen LogP contribution in [0.15, 0.2) is 33.5 Å². The maximum atomic E-state index is 10.9. The Hall–Kier alpha value is -1.64. The average molecular weight is 178 g/mol. The van der Waals surface area contributed by atoms with Crippen molar-refractivity contribution in [2.24, 2.45) is 0 Å². The summed E-state index contributed by atoms with van der Waals surface area (Å²) in [6, 6.07) is 4.53. The largest absolute Gasteiger partial charge is 0.423 e. The van der Waals surface area contributed by atoms with E-state index < -0.39 is 5.63 Å². The molecule has 0 radical (unpaired) electrons. The number of carbonyl (C=O) groups excluding carboxylic acids is 1. The van der Waals surface area contributed by atoms with Gasteiger partial charge in [-0.15, -0.1) is 0 Å². The molecule has 0 amide bonds. The minimum absolute atomic E-state index is 0.00602. The van der Waals surface area contributed by atoms with Crippen LogP contribution in [0.3, 0.4) is 0 Å². The van der Waals surface area contributed by atoms with E-state index in [-0.39, 0.29) is 5.78 Å². The van der Waals surface area contributed by atoms with E-state index >= 15 is 0 Å². The Morgan fingerprint density at radius 1 is 1.54 bits per heavy atom. The second kappa shape index (κ2) is 4.40. The van der Waals surface area contributed by atoms with Crippen molar-refractivity contribution in [3.63, 3.8) is 0 Å². The van der Waals surface area contributed by atoms with Crippen molar-refractivity contribution < 1.29 is 9.21 Å². The van der Waals surface area contributed by atoms with Crippen molar-refractivity contribution in [1.82, 2.24) is 0 Å². The molecule has 13 heavy (non-hydrogen) atoms. The van der Waals surface area contributed by atoms with Crippen LogP contribution in [0, 0.1) is 0 Å². The van der Waals surface area contributed by atoms with Gasteiger partial charge in [-0.05, 0) is 18.2 Å². The highest BCUT2D eigenvalue weighted by Gasteiger charge is 1.92. The fourth-order valence-corrected chi connectivity index (χ4v) is 0.788. The lowest BCUT2D eigenvalue weighted by Gasteiger charge is -1.89. The van der Waals surface area contributed by atoms with Crippen LogP contribution < -0.4 is 5.63 Å². The van der Waals surface area contributed by atoms with Gasteiger partial charge in [-0.25, -0.2) is 4.79 Å². The first-order valence-electron chi connectivity index (χ1n) is 4.03. The Labute approximate surface area is 75.7 Å². The fourth-order valence-electron chi connectivity index (χ4n) is 0.788. The minimum atomic E-state index is -0.411. The first-order valence-corrected chi connectivity index (χ1v) is 4.03. The molecule has 3 nitrogen and oxygen atoms in total. The quantitative estimate of drug-likeness (QED) is 0.661. The Balaban J connectivity index is 2.80. The van der Waals surface area contributed by atoms with Crippen molar-refractivity contribution in [1.29, 1.82) is 0 Å². The average Bonchev–Trinajstić information content (AvgIpc) is 2.14. The molecule has 1 aromatic rings. The molecule has 1 rings (SSSR count). The predicted octanol–water partition coefficient (Wildman–Crippen LogP) is 1.63. The van der Waals surface area contributed by atoms with Gasteiger partial charge in [0.2, 0.25) is 0 Å². The molecule has 0 fully saturated rings. The molecule has 68 valence electrons. The lowest BCUT2D eigenvalue weighted by atomic mass is 10.2. The van der Waals surface area contributed by atoms with Crippen LogP contribution in [-0.2, 0) is 4.79 Å². The highest BCUT2D eigenvalue weighted by molar-refractivity contribution is 5.92. The summed E-state index contributed by atoms with van der Waals surface area (Å²) in [5.41, 5.74) is -0.411. The zero-order valence-corrected chi connectivity index (χ0v) is 7.32. The normalized spacial score (nSPS) is 10.5. The van der Waals surface area contributed by atoms with Gasteiger partial charge in [0.25, 0.3) is 0 Å². The molecule has 0 spiro atoms. The lowest BCUT2D eigenvalue weighted by molar-refractivity contribution is -0.114. The molecule has 0 unspecified atom stereocenters. The van der Waals surface area contributed by atoms with Crippen molar-refractivity contribution >= 4 is 11.9 Å². The Kier molecular flexibility index (Phi) is 3.20. The summed E-state index contributed by atoms with van der Waals surface area (Å²) in [6.07, 6.45) is 3.35. The molecule has 0 saturated carbocycles. The van der Waals surface area contributed by atoms with Gasteiger partial charge in [0.15, 0.2) is 5.78 Å². The molecule has 1 heterocycles. The molecule has 1 aromatic heterocycles. The summed E-state index contributed by atoms with van der Waals surface area (Å²) in [6.45, 7) is 1.77. The predicted molar refractivity (Wildman–Crippen MR) is 49.3 cm³/mol. The molecule has 0 aliphatic rings. The van der Waals surface area contributed by atoms with Crippen molar-refractivity contribution in [2.45, 2.75) is 13.3 Å². The Bertz CT molecular complexity index is 374. The van der Waals surface area contributed by atoms with Crippen LogP contribution in [-0.4, -0.2) is 5.78 Å². The summed E-state index contributed by atoms with van der Waals surface area (Å²) in [7, 11) is 0. The number of hydrogen-bond donors (Lipinski definition) is 0. The van der Waals surface area contributed by atoms with Gasteiger partial charge >= 0.3 is 5.63 Å². The molecule has 0 bridgehead atoms. The van der Waals surface area contributed by atoms with Gasteiger partial charge < -0.3 is 4.42 Å². The van der Waals surface area contributed by atoms with E-state index in [2.05, 4.69) is 0 Å². The van der Waals surface area contributed by atoms with Crippen LogP contribution >= 0.6 is 0 Å². The standard InChI is InChI=1S/C10H10O3/c1-2-8(11)6-7-9-4-3-5-10(12)13-9/h3-7H,2H2,1H3. The molecular formula is C10H10O3. The first kappa shape index (κ1) is 9.45. The summed E-state index contributed by atoms with van der Waals surface area (Å²) in [5.74, 6) is 0.404. The molecule has 0 N–H and O–H groups in total. The Morgan fingerprint density at radius 2 is 2.31 bits per heavy atom. The maximum absolute atomic E-state index is 10.9. The second-order valence-corrected chi connectivity index (χ2v) is 2.50. The van der Waals surface area contributed by atoms with E-state index in [1.165, 1.54) is 18.2 Å². The highest BCUT2D eigenvalue weighted by Crippen LogP contribution is 1.98. The smallest absolute Gasteiger partial charge is 0.336 e. The van der Waals surface area contributed by atoms with Gasteiger partial charge in [0, 0.05) is 12.5 Å². The summed E-state index contributed by atoms with van der Waals surface area (Å²) in [4.78, 5) is 21.6. The summed E-state index contributed by atoms with van der Waals surface area (Å²) >= 11 is 0. The van der Waals surface area contributed by atoms with E-state index in [1.54, 1.807) is 19.1 Å².